The lowest BCUT2D eigenvalue weighted by atomic mass is 10.1. The van der Waals surface area contributed by atoms with Crippen LogP contribution < -0.4 is 5.32 Å². The molecule has 1 aromatic heterocycles. The summed E-state index contributed by atoms with van der Waals surface area (Å²) in [5, 5.41) is 2.64. The maximum absolute atomic E-state index is 13.0. The number of H-pyrrole nitrogens is 1. The van der Waals surface area contributed by atoms with Crippen molar-refractivity contribution in [2.75, 3.05) is 0 Å². The number of nitrogens with zero attached hydrogens (tertiary/aromatic N) is 1. The number of hydrogen-bond donors (Lipinski definition) is 2. The van der Waals surface area contributed by atoms with Crippen LogP contribution in [0.5, 0.6) is 0 Å². The number of halogens is 3. The molecule has 25 heavy (non-hydrogen) atoms. The molecule has 4 nitrogen and oxygen atoms in total. The summed E-state index contributed by atoms with van der Waals surface area (Å²) in [6, 6.07) is 13.7. The van der Waals surface area contributed by atoms with Crippen molar-refractivity contribution in [3.05, 3.63) is 66.1 Å². The number of aromatic amines is 1. The van der Waals surface area contributed by atoms with E-state index in [1.54, 1.807) is 18.3 Å². The lowest BCUT2D eigenvalue weighted by molar-refractivity contribution is -0.119. The number of amides is 1. The van der Waals surface area contributed by atoms with Gasteiger partial charge in [-0.1, -0.05) is 41.4 Å². The number of rotatable bonds is 5. The normalized spacial score (nSPS) is 10.9. The van der Waals surface area contributed by atoms with Gasteiger partial charge >= 0.3 is 0 Å². The van der Waals surface area contributed by atoms with Crippen LogP contribution in [0, 0.1) is 5.82 Å². The topological polar surface area (TPSA) is 57.8 Å². The van der Waals surface area contributed by atoms with Gasteiger partial charge in [-0.3, -0.25) is 4.79 Å². The van der Waals surface area contributed by atoms with Gasteiger partial charge in [-0.25, -0.2) is 9.37 Å². The van der Waals surface area contributed by atoms with E-state index in [2.05, 4.69) is 15.3 Å². The largest absolute Gasteiger partial charge is 0.350 e. The molecule has 3 aromatic rings. The lowest BCUT2D eigenvalue weighted by Crippen LogP contribution is -2.27. The molecule has 2 aromatic carbocycles. The molecule has 0 aliphatic rings. The molecule has 0 spiro atoms. The maximum atomic E-state index is 13.0. The van der Waals surface area contributed by atoms with Crippen molar-refractivity contribution in [1.29, 1.82) is 0 Å². The van der Waals surface area contributed by atoms with E-state index in [1.807, 2.05) is 24.3 Å². The molecule has 0 aliphatic heterocycles. The average molecular weight is 378 g/mol. The molecular weight excluding hydrogens is 364 g/mol. The van der Waals surface area contributed by atoms with Crippen molar-refractivity contribution in [1.82, 2.24) is 15.3 Å². The second-order valence-corrected chi connectivity index (χ2v) is 6.47. The van der Waals surface area contributed by atoms with Crippen LogP contribution in [-0.2, 0) is 11.3 Å². The number of hydrogen-bond acceptors (Lipinski definition) is 2. The summed E-state index contributed by atoms with van der Waals surface area (Å²) in [6.07, 6.45) is 1.70. The third kappa shape index (κ3) is 4.38. The van der Waals surface area contributed by atoms with Gasteiger partial charge in [0.25, 0.3) is 5.91 Å². The molecule has 3 rings (SSSR count). The number of carbonyl (C=O) groups is 1. The Balaban J connectivity index is 1.77. The molecule has 1 heterocycles. The summed E-state index contributed by atoms with van der Waals surface area (Å²) < 4.78 is 13.0. The fourth-order valence-corrected chi connectivity index (χ4v) is 2.49. The molecule has 0 aliphatic carbocycles. The van der Waals surface area contributed by atoms with Crippen LogP contribution in [0.25, 0.3) is 22.6 Å². The highest BCUT2D eigenvalue weighted by molar-refractivity contribution is 6.53. The van der Waals surface area contributed by atoms with Crippen LogP contribution >= 0.6 is 23.2 Å². The summed E-state index contributed by atoms with van der Waals surface area (Å²) >= 11 is 11.0. The molecule has 0 radical (unpaired) electrons. The Bertz CT molecular complexity index is 878. The highest BCUT2D eigenvalue weighted by atomic mass is 35.5. The summed E-state index contributed by atoms with van der Waals surface area (Å²) in [4.78, 5) is 17.9. The number of carbonyl (C=O) groups excluding carboxylic acids is 1. The second kappa shape index (κ2) is 7.68. The fourth-order valence-electron chi connectivity index (χ4n) is 2.34. The number of alkyl halides is 2. The van der Waals surface area contributed by atoms with E-state index >= 15 is 0 Å². The molecule has 7 heteroatoms. The molecule has 0 fully saturated rings. The monoisotopic (exact) mass is 377 g/mol. The Labute approximate surface area is 154 Å². The second-order valence-electron chi connectivity index (χ2n) is 5.37. The van der Waals surface area contributed by atoms with Crippen molar-refractivity contribution in [3.8, 4) is 22.6 Å². The van der Waals surface area contributed by atoms with Gasteiger partial charge in [0.05, 0.1) is 11.9 Å². The Morgan fingerprint density at radius 3 is 2.64 bits per heavy atom. The van der Waals surface area contributed by atoms with Gasteiger partial charge < -0.3 is 10.3 Å². The first-order valence-electron chi connectivity index (χ1n) is 7.49. The molecule has 1 amide bonds. The van der Waals surface area contributed by atoms with E-state index in [1.165, 1.54) is 12.1 Å². The Kier molecular flexibility index (Phi) is 5.36. The minimum atomic E-state index is -1.09. The smallest absolute Gasteiger partial charge is 0.253 e. The molecule has 0 atom stereocenters. The maximum Gasteiger partial charge on any atom is 0.253 e. The third-order valence-electron chi connectivity index (χ3n) is 3.60. The van der Waals surface area contributed by atoms with Gasteiger partial charge in [0, 0.05) is 12.1 Å². The van der Waals surface area contributed by atoms with Gasteiger partial charge in [0.1, 0.15) is 11.6 Å². The quantitative estimate of drug-likeness (QED) is 0.651. The van der Waals surface area contributed by atoms with Crippen LogP contribution in [-0.4, -0.2) is 20.7 Å². The molecule has 0 saturated carbocycles. The predicted molar refractivity (Wildman–Crippen MR) is 96.8 cm³/mol. The first kappa shape index (κ1) is 17.5. The predicted octanol–water partition coefficient (Wildman–Crippen LogP) is 4.30. The zero-order chi connectivity index (χ0) is 17.8. The van der Waals surface area contributed by atoms with Crippen LogP contribution in [0.1, 0.15) is 5.56 Å². The third-order valence-corrected chi connectivity index (χ3v) is 3.99. The fraction of sp³-hybridized carbons (Fsp3) is 0.111. The average Bonchev–Trinajstić information content (AvgIpc) is 3.10. The zero-order valence-electron chi connectivity index (χ0n) is 13.0. The zero-order valence-corrected chi connectivity index (χ0v) is 14.5. The van der Waals surface area contributed by atoms with Crippen LogP contribution in [0.3, 0.4) is 0 Å². The van der Waals surface area contributed by atoms with Gasteiger partial charge in [0.2, 0.25) is 0 Å². The molecule has 0 bridgehead atoms. The van der Waals surface area contributed by atoms with E-state index in [4.69, 9.17) is 23.2 Å². The van der Waals surface area contributed by atoms with E-state index in [0.717, 1.165) is 22.4 Å². The molecular formula is C18H14Cl2FN3O. The van der Waals surface area contributed by atoms with E-state index < -0.39 is 10.7 Å². The van der Waals surface area contributed by atoms with Crippen LogP contribution in [0.15, 0.2) is 54.7 Å². The molecule has 2 N–H and O–H groups in total. The van der Waals surface area contributed by atoms with Crippen molar-refractivity contribution in [2.45, 2.75) is 11.4 Å². The summed E-state index contributed by atoms with van der Waals surface area (Å²) in [7, 11) is 0. The first-order valence-corrected chi connectivity index (χ1v) is 8.36. The van der Waals surface area contributed by atoms with Gasteiger partial charge in [0.15, 0.2) is 4.84 Å². The Morgan fingerprint density at radius 1 is 1.16 bits per heavy atom. The van der Waals surface area contributed by atoms with Crippen molar-refractivity contribution in [3.63, 3.8) is 0 Å². The summed E-state index contributed by atoms with van der Waals surface area (Å²) in [6.45, 7) is 0.314. The molecule has 128 valence electrons. The number of nitrogens with one attached hydrogen (secondary N) is 2. The van der Waals surface area contributed by atoms with Crippen LogP contribution in [0.4, 0.5) is 4.39 Å². The van der Waals surface area contributed by atoms with Crippen LogP contribution in [0.2, 0.25) is 0 Å². The standard InChI is InChI=1S/C18H14Cl2FN3O/c19-16(20)18(25)23-9-11-2-1-3-13(8-11)17-22-10-15(24-17)12-4-6-14(21)7-5-12/h1-8,10,16H,9H2,(H,22,24)(H,23,25). The highest BCUT2D eigenvalue weighted by Crippen LogP contribution is 2.23. The van der Waals surface area contributed by atoms with E-state index in [9.17, 15) is 9.18 Å². The highest BCUT2D eigenvalue weighted by Gasteiger charge is 2.11. The van der Waals surface area contributed by atoms with Crippen molar-refractivity contribution < 1.29 is 9.18 Å². The van der Waals surface area contributed by atoms with Crippen molar-refractivity contribution >= 4 is 29.1 Å². The molecule has 0 unspecified atom stereocenters. The number of imidazole rings is 1. The lowest BCUT2D eigenvalue weighted by Gasteiger charge is -2.07. The van der Waals surface area contributed by atoms with Gasteiger partial charge in [-0.2, -0.15) is 0 Å². The van der Waals surface area contributed by atoms with E-state index in [-0.39, 0.29) is 5.82 Å². The van der Waals surface area contributed by atoms with Crippen molar-refractivity contribution in [2.24, 2.45) is 0 Å². The summed E-state index contributed by atoms with van der Waals surface area (Å²) in [5.74, 6) is -0.0419. The van der Waals surface area contributed by atoms with Gasteiger partial charge in [-0.05, 0) is 41.5 Å². The number of aromatic nitrogens is 2. The molecule has 0 saturated heterocycles. The SMILES string of the molecule is O=C(NCc1cccc(-c2ncc(-c3ccc(F)cc3)[nH]2)c1)C(Cl)Cl. The van der Waals surface area contributed by atoms with E-state index in [0.29, 0.717) is 12.4 Å². The minimum Gasteiger partial charge on any atom is -0.350 e. The Hall–Kier alpha value is -2.37. The minimum absolute atomic E-state index is 0.283. The Morgan fingerprint density at radius 2 is 1.92 bits per heavy atom. The number of benzene rings is 2. The summed E-state index contributed by atoms with van der Waals surface area (Å²) in [5.41, 5.74) is 3.40. The van der Waals surface area contributed by atoms with Gasteiger partial charge in [-0.15, -0.1) is 0 Å². The first-order chi connectivity index (χ1) is 12.0.